The highest BCUT2D eigenvalue weighted by molar-refractivity contribution is 7.86. The SMILES string of the molecule is CNCC1CCN(S(=O)(=O)N(C)CC2CCN(C)C2)CC1. The van der Waals surface area contributed by atoms with Crippen molar-refractivity contribution < 1.29 is 8.42 Å². The van der Waals surface area contributed by atoms with Crippen LogP contribution in [0.5, 0.6) is 0 Å². The Hall–Kier alpha value is -0.210. The van der Waals surface area contributed by atoms with Crippen LogP contribution >= 0.6 is 0 Å². The molecular formula is C14H30N4O2S. The molecule has 1 N–H and O–H groups in total. The van der Waals surface area contributed by atoms with Crippen molar-refractivity contribution in [1.29, 1.82) is 0 Å². The maximum Gasteiger partial charge on any atom is 0.281 e. The van der Waals surface area contributed by atoms with E-state index in [4.69, 9.17) is 0 Å². The van der Waals surface area contributed by atoms with Gasteiger partial charge in [-0.25, -0.2) is 0 Å². The van der Waals surface area contributed by atoms with Gasteiger partial charge in [0.25, 0.3) is 10.2 Å². The Labute approximate surface area is 129 Å². The van der Waals surface area contributed by atoms with Crippen LogP contribution in [-0.4, -0.2) is 82.3 Å². The minimum Gasteiger partial charge on any atom is -0.319 e. The summed E-state index contributed by atoms with van der Waals surface area (Å²) in [5.41, 5.74) is 0. The molecule has 2 heterocycles. The Bertz CT molecular complexity index is 421. The average Bonchev–Trinajstić information content (AvgIpc) is 2.85. The van der Waals surface area contributed by atoms with Gasteiger partial charge in [0.05, 0.1) is 0 Å². The molecule has 2 saturated heterocycles. The predicted molar refractivity (Wildman–Crippen MR) is 85.4 cm³/mol. The van der Waals surface area contributed by atoms with Gasteiger partial charge in [-0.15, -0.1) is 0 Å². The third-order valence-electron chi connectivity index (χ3n) is 4.79. The van der Waals surface area contributed by atoms with Gasteiger partial charge in [0.1, 0.15) is 0 Å². The Balaban J connectivity index is 1.86. The zero-order chi connectivity index (χ0) is 15.5. The minimum absolute atomic E-state index is 0.469. The second kappa shape index (κ2) is 7.37. The van der Waals surface area contributed by atoms with Crippen molar-refractivity contribution >= 4 is 10.2 Å². The summed E-state index contributed by atoms with van der Waals surface area (Å²) in [6, 6.07) is 0. The van der Waals surface area contributed by atoms with Crippen LogP contribution in [0.4, 0.5) is 0 Å². The molecule has 124 valence electrons. The molecule has 0 aliphatic carbocycles. The Morgan fingerprint density at radius 1 is 1.14 bits per heavy atom. The van der Waals surface area contributed by atoms with E-state index in [0.717, 1.165) is 38.9 Å². The third kappa shape index (κ3) is 4.39. The number of nitrogens with one attached hydrogen (secondary N) is 1. The van der Waals surface area contributed by atoms with Gasteiger partial charge in [0, 0.05) is 33.2 Å². The normalized spacial score (nSPS) is 26.8. The van der Waals surface area contributed by atoms with Crippen LogP contribution in [0.2, 0.25) is 0 Å². The molecule has 7 heteroatoms. The number of piperidine rings is 1. The molecule has 1 unspecified atom stereocenters. The molecule has 0 bridgehead atoms. The van der Waals surface area contributed by atoms with Crippen LogP contribution in [0.15, 0.2) is 0 Å². The summed E-state index contributed by atoms with van der Waals surface area (Å²) in [5.74, 6) is 1.08. The molecule has 0 radical (unpaired) electrons. The standard InChI is InChI=1S/C14H30N4O2S/c1-15-10-13-5-8-18(9-6-13)21(19,20)17(3)12-14-4-7-16(2)11-14/h13-15H,4-12H2,1-3H3. The van der Waals surface area contributed by atoms with Crippen LogP contribution in [0.25, 0.3) is 0 Å². The molecule has 6 nitrogen and oxygen atoms in total. The van der Waals surface area contributed by atoms with Gasteiger partial charge in [-0.1, -0.05) is 0 Å². The number of hydrogen-bond acceptors (Lipinski definition) is 4. The molecule has 21 heavy (non-hydrogen) atoms. The van der Waals surface area contributed by atoms with Gasteiger partial charge in [0.2, 0.25) is 0 Å². The first-order valence-corrected chi connectivity index (χ1v) is 9.37. The van der Waals surface area contributed by atoms with E-state index in [2.05, 4.69) is 17.3 Å². The van der Waals surface area contributed by atoms with Crippen molar-refractivity contribution in [3.05, 3.63) is 0 Å². The van der Waals surface area contributed by atoms with E-state index < -0.39 is 10.2 Å². The van der Waals surface area contributed by atoms with Crippen LogP contribution in [0, 0.1) is 11.8 Å². The van der Waals surface area contributed by atoms with Crippen molar-refractivity contribution in [3.63, 3.8) is 0 Å². The van der Waals surface area contributed by atoms with Crippen molar-refractivity contribution in [2.75, 3.05) is 60.4 Å². The summed E-state index contributed by atoms with van der Waals surface area (Å²) in [5, 5.41) is 3.18. The van der Waals surface area contributed by atoms with Crippen molar-refractivity contribution in [2.45, 2.75) is 19.3 Å². The second-order valence-corrected chi connectivity index (χ2v) is 8.64. The quantitative estimate of drug-likeness (QED) is 0.752. The number of nitrogens with zero attached hydrogens (tertiary/aromatic N) is 3. The van der Waals surface area contributed by atoms with Crippen LogP contribution in [0.3, 0.4) is 0 Å². The molecule has 0 spiro atoms. The van der Waals surface area contributed by atoms with Crippen molar-refractivity contribution in [3.8, 4) is 0 Å². The highest BCUT2D eigenvalue weighted by Crippen LogP contribution is 2.22. The number of hydrogen-bond donors (Lipinski definition) is 1. The molecule has 0 aromatic carbocycles. The summed E-state index contributed by atoms with van der Waals surface area (Å²) in [4.78, 5) is 2.27. The number of rotatable bonds is 6. The Morgan fingerprint density at radius 2 is 1.76 bits per heavy atom. The Morgan fingerprint density at radius 3 is 2.29 bits per heavy atom. The predicted octanol–water partition coefficient (Wildman–Crippen LogP) is 0.0461. The van der Waals surface area contributed by atoms with Gasteiger partial charge in [-0.05, 0) is 58.3 Å². The third-order valence-corrected chi connectivity index (χ3v) is 6.75. The van der Waals surface area contributed by atoms with Gasteiger partial charge in [-0.2, -0.15) is 17.0 Å². The lowest BCUT2D eigenvalue weighted by Crippen LogP contribution is -2.47. The Kier molecular flexibility index (Phi) is 6.02. The van der Waals surface area contributed by atoms with E-state index in [1.165, 1.54) is 0 Å². The fourth-order valence-electron chi connectivity index (χ4n) is 3.46. The summed E-state index contributed by atoms with van der Waals surface area (Å²) in [6.07, 6.45) is 3.01. The fourth-order valence-corrected chi connectivity index (χ4v) is 4.93. The zero-order valence-electron chi connectivity index (χ0n) is 13.6. The fraction of sp³-hybridized carbons (Fsp3) is 1.00. The molecule has 0 amide bonds. The van der Waals surface area contributed by atoms with Crippen molar-refractivity contribution in [1.82, 2.24) is 18.8 Å². The molecule has 0 aromatic rings. The molecule has 1 atom stereocenters. The molecular weight excluding hydrogens is 288 g/mol. The van der Waals surface area contributed by atoms with Crippen LogP contribution in [0.1, 0.15) is 19.3 Å². The van der Waals surface area contributed by atoms with E-state index in [1.807, 2.05) is 7.05 Å². The summed E-state index contributed by atoms with van der Waals surface area (Å²) in [6.45, 7) is 5.02. The molecule has 2 fully saturated rings. The minimum atomic E-state index is -3.28. The average molecular weight is 318 g/mol. The summed E-state index contributed by atoms with van der Waals surface area (Å²) >= 11 is 0. The monoisotopic (exact) mass is 318 g/mol. The molecule has 2 aliphatic heterocycles. The van der Waals surface area contributed by atoms with Gasteiger partial charge < -0.3 is 10.2 Å². The van der Waals surface area contributed by atoms with Crippen LogP contribution in [-0.2, 0) is 10.2 Å². The number of likely N-dealkylation sites (tertiary alicyclic amines) is 1. The maximum absolute atomic E-state index is 12.6. The lowest BCUT2D eigenvalue weighted by atomic mass is 9.98. The smallest absolute Gasteiger partial charge is 0.281 e. The van der Waals surface area contributed by atoms with Gasteiger partial charge in [0.15, 0.2) is 0 Å². The first-order chi connectivity index (χ1) is 9.93. The second-order valence-electron chi connectivity index (χ2n) is 6.61. The largest absolute Gasteiger partial charge is 0.319 e. The van der Waals surface area contributed by atoms with E-state index in [1.54, 1.807) is 15.7 Å². The topological polar surface area (TPSA) is 55.9 Å². The summed E-state index contributed by atoms with van der Waals surface area (Å²) in [7, 11) is 2.50. The first kappa shape index (κ1) is 17.1. The zero-order valence-corrected chi connectivity index (χ0v) is 14.4. The molecule has 0 saturated carbocycles. The molecule has 2 aliphatic rings. The van der Waals surface area contributed by atoms with Crippen molar-refractivity contribution in [2.24, 2.45) is 11.8 Å². The van der Waals surface area contributed by atoms with E-state index in [-0.39, 0.29) is 0 Å². The lowest BCUT2D eigenvalue weighted by molar-refractivity contribution is 0.251. The van der Waals surface area contributed by atoms with Gasteiger partial charge >= 0.3 is 0 Å². The van der Waals surface area contributed by atoms with Gasteiger partial charge in [-0.3, -0.25) is 0 Å². The van der Waals surface area contributed by atoms with E-state index in [0.29, 0.717) is 31.5 Å². The highest BCUT2D eigenvalue weighted by atomic mass is 32.2. The highest BCUT2D eigenvalue weighted by Gasteiger charge is 2.32. The first-order valence-electron chi connectivity index (χ1n) is 7.98. The van der Waals surface area contributed by atoms with E-state index >= 15 is 0 Å². The lowest BCUT2D eigenvalue weighted by Gasteiger charge is -2.34. The van der Waals surface area contributed by atoms with E-state index in [9.17, 15) is 8.42 Å². The van der Waals surface area contributed by atoms with Crippen LogP contribution < -0.4 is 5.32 Å². The molecule has 0 aromatic heterocycles. The summed E-state index contributed by atoms with van der Waals surface area (Å²) < 4.78 is 28.5. The maximum atomic E-state index is 12.6. The molecule has 2 rings (SSSR count).